The SMILES string of the molecule is CC(NCCC#N)c1cnccn1. The van der Waals surface area contributed by atoms with Crippen LogP contribution in [0.2, 0.25) is 0 Å². The average Bonchev–Trinajstić information content (AvgIpc) is 2.19. The smallest absolute Gasteiger partial charge is 0.0753 e. The Labute approximate surface area is 77.6 Å². The van der Waals surface area contributed by atoms with Crippen molar-refractivity contribution in [3.63, 3.8) is 0 Å². The van der Waals surface area contributed by atoms with E-state index in [9.17, 15) is 0 Å². The zero-order chi connectivity index (χ0) is 9.52. The van der Waals surface area contributed by atoms with Gasteiger partial charge in [-0.3, -0.25) is 9.97 Å². The predicted molar refractivity (Wildman–Crippen MR) is 48.7 cm³/mol. The van der Waals surface area contributed by atoms with E-state index < -0.39 is 0 Å². The quantitative estimate of drug-likeness (QED) is 0.696. The van der Waals surface area contributed by atoms with Gasteiger partial charge in [-0.05, 0) is 6.92 Å². The summed E-state index contributed by atoms with van der Waals surface area (Å²) in [5.41, 5.74) is 0.903. The maximum Gasteiger partial charge on any atom is 0.0753 e. The molecule has 0 spiro atoms. The van der Waals surface area contributed by atoms with E-state index >= 15 is 0 Å². The Morgan fingerprint density at radius 3 is 3.08 bits per heavy atom. The van der Waals surface area contributed by atoms with Gasteiger partial charge < -0.3 is 5.32 Å². The summed E-state index contributed by atoms with van der Waals surface area (Å²) in [7, 11) is 0. The highest BCUT2D eigenvalue weighted by molar-refractivity contribution is 5.00. The lowest BCUT2D eigenvalue weighted by atomic mass is 10.2. The molecule has 13 heavy (non-hydrogen) atoms. The molecule has 0 amide bonds. The van der Waals surface area contributed by atoms with Gasteiger partial charge in [0.25, 0.3) is 0 Å². The Kier molecular flexibility index (Phi) is 3.86. The molecule has 4 nitrogen and oxygen atoms in total. The lowest BCUT2D eigenvalue weighted by Gasteiger charge is -2.10. The molecule has 0 fully saturated rings. The summed E-state index contributed by atoms with van der Waals surface area (Å²) in [6.45, 7) is 2.69. The Hall–Kier alpha value is -1.47. The van der Waals surface area contributed by atoms with E-state index in [0.29, 0.717) is 13.0 Å². The second-order valence-corrected chi connectivity index (χ2v) is 2.71. The second-order valence-electron chi connectivity index (χ2n) is 2.71. The highest BCUT2D eigenvalue weighted by atomic mass is 14.9. The minimum Gasteiger partial charge on any atom is -0.308 e. The fourth-order valence-corrected chi connectivity index (χ4v) is 0.983. The summed E-state index contributed by atoms with van der Waals surface area (Å²) in [6, 6.07) is 2.23. The minimum atomic E-state index is 0.155. The zero-order valence-electron chi connectivity index (χ0n) is 7.57. The van der Waals surface area contributed by atoms with E-state index in [2.05, 4.69) is 21.4 Å². The van der Waals surface area contributed by atoms with Gasteiger partial charge in [0, 0.05) is 37.6 Å². The Morgan fingerprint density at radius 1 is 1.62 bits per heavy atom. The van der Waals surface area contributed by atoms with E-state index in [4.69, 9.17) is 5.26 Å². The van der Waals surface area contributed by atoms with Crippen LogP contribution in [0.5, 0.6) is 0 Å². The predicted octanol–water partition coefficient (Wildman–Crippen LogP) is 1.04. The Balaban J connectivity index is 2.41. The third kappa shape index (κ3) is 3.18. The van der Waals surface area contributed by atoms with Gasteiger partial charge in [0.05, 0.1) is 11.8 Å². The molecule has 1 aromatic rings. The summed E-state index contributed by atoms with van der Waals surface area (Å²) in [6.07, 6.45) is 5.55. The second kappa shape index (κ2) is 5.22. The summed E-state index contributed by atoms with van der Waals surface area (Å²) in [5, 5.41) is 11.5. The van der Waals surface area contributed by atoms with Gasteiger partial charge in [0.15, 0.2) is 0 Å². The van der Waals surface area contributed by atoms with Crippen LogP contribution in [-0.2, 0) is 0 Å². The summed E-state index contributed by atoms with van der Waals surface area (Å²) < 4.78 is 0. The van der Waals surface area contributed by atoms with Gasteiger partial charge in [-0.25, -0.2) is 0 Å². The molecule has 1 aromatic heterocycles. The van der Waals surface area contributed by atoms with Gasteiger partial charge in [-0.1, -0.05) is 0 Å². The normalized spacial score (nSPS) is 12.0. The number of hydrogen-bond donors (Lipinski definition) is 1. The van der Waals surface area contributed by atoms with Gasteiger partial charge in [-0.15, -0.1) is 0 Å². The van der Waals surface area contributed by atoms with E-state index in [1.165, 1.54) is 0 Å². The van der Waals surface area contributed by atoms with Crippen molar-refractivity contribution in [3.05, 3.63) is 24.3 Å². The number of rotatable bonds is 4. The summed E-state index contributed by atoms with van der Waals surface area (Å²) >= 11 is 0. The van der Waals surface area contributed by atoms with Crippen molar-refractivity contribution in [3.8, 4) is 6.07 Å². The monoisotopic (exact) mass is 176 g/mol. The van der Waals surface area contributed by atoms with E-state index in [-0.39, 0.29) is 6.04 Å². The summed E-state index contributed by atoms with van der Waals surface area (Å²) in [5.74, 6) is 0. The van der Waals surface area contributed by atoms with Crippen molar-refractivity contribution in [1.29, 1.82) is 5.26 Å². The number of hydrogen-bond acceptors (Lipinski definition) is 4. The van der Waals surface area contributed by atoms with Crippen molar-refractivity contribution in [1.82, 2.24) is 15.3 Å². The van der Waals surface area contributed by atoms with Crippen LogP contribution in [0.25, 0.3) is 0 Å². The molecule has 0 saturated carbocycles. The third-order valence-corrected chi connectivity index (χ3v) is 1.71. The number of nitrogens with zero attached hydrogens (tertiary/aromatic N) is 3. The Bertz CT molecular complexity index is 277. The molecule has 68 valence electrons. The number of nitrogens with one attached hydrogen (secondary N) is 1. The molecule has 0 radical (unpaired) electrons. The van der Waals surface area contributed by atoms with E-state index in [1.807, 2.05) is 6.92 Å². The molecule has 0 aliphatic carbocycles. The van der Waals surface area contributed by atoms with Crippen molar-refractivity contribution in [2.45, 2.75) is 19.4 Å². The van der Waals surface area contributed by atoms with Crippen molar-refractivity contribution < 1.29 is 0 Å². The molecule has 0 aliphatic heterocycles. The van der Waals surface area contributed by atoms with Crippen LogP contribution in [0.1, 0.15) is 25.1 Å². The number of aromatic nitrogens is 2. The van der Waals surface area contributed by atoms with Crippen LogP contribution in [0, 0.1) is 11.3 Å². The maximum atomic E-state index is 8.33. The van der Waals surface area contributed by atoms with E-state index in [0.717, 1.165) is 5.69 Å². The fraction of sp³-hybridized carbons (Fsp3) is 0.444. The van der Waals surface area contributed by atoms with Crippen LogP contribution in [0.3, 0.4) is 0 Å². The molecular weight excluding hydrogens is 164 g/mol. The molecule has 1 atom stereocenters. The fourth-order valence-electron chi connectivity index (χ4n) is 0.983. The molecule has 0 aliphatic rings. The third-order valence-electron chi connectivity index (χ3n) is 1.71. The van der Waals surface area contributed by atoms with Crippen molar-refractivity contribution in [2.75, 3.05) is 6.54 Å². The van der Waals surface area contributed by atoms with Crippen LogP contribution in [-0.4, -0.2) is 16.5 Å². The van der Waals surface area contributed by atoms with Crippen molar-refractivity contribution in [2.24, 2.45) is 0 Å². The largest absolute Gasteiger partial charge is 0.308 e. The lowest BCUT2D eigenvalue weighted by Crippen LogP contribution is -2.20. The molecule has 1 heterocycles. The van der Waals surface area contributed by atoms with E-state index in [1.54, 1.807) is 18.6 Å². The van der Waals surface area contributed by atoms with Crippen LogP contribution < -0.4 is 5.32 Å². The van der Waals surface area contributed by atoms with Gasteiger partial charge in [-0.2, -0.15) is 5.26 Å². The first-order chi connectivity index (χ1) is 6.34. The highest BCUT2D eigenvalue weighted by Gasteiger charge is 2.04. The lowest BCUT2D eigenvalue weighted by molar-refractivity contribution is 0.567. The molecule has 4 heteroatoms. The zero-order valence-corrected chi connectivity index (χ0v) is 7.57. The first-order valence-electron chi connectivity index (χ1n) is 4.21. The highest BCUT2D eigenvalue weighted by Crippen LogP contribution is 2.05. The van der Waals surface area contributed by atoms with Crippen LogP contribution in [0.4, 0.5) is 0 Å². The summed E-state index contributed by atoms with van der Waals surface area (Å²) in [4.78, 5) is 8.12. The van der Waals surface area contributed by atoms with Gasteiger partial charge in [0.2, 0.25) is 0 Å². The topological polar surface area (TPSA) is 61.6 Å². The minimum absolute atomic E-state index is 0.155. The molecule has 1 N–H and O–H groups in total. The molecular formula is C9H12N4. The molecule has 1 unspecified atom stereocenters. The molecule has 0 aromatic carbocycles. The maximum absolute atomic E-state index is 8.33. The first-order valence-corrected chi connectivity index (χ1v) is 4.21. The average molecular weight is 176 g/mol. The van der Waals surface area contributed by atoms with Crippen molar-refractivity contribution >= 4 is 0 Å². The molecule has 0 saturated heterocycles. The van der Waals surface area contributed by atoms with Crippen LogP contribution >= 0.6 is 0 Å². The Morgan fingerprint density at radius 2 is 2.46 bits per heavy atom. The van der Waals surface area contributed by atoms with Gasteiger partial charge in [0.1, 0.15) is 0 Å². The standard InChI is InChI=1S/C9H12N4/c1-8(12-4-2-3-10)9-7-11-5-6-13-9/h5-8,12H,2,4H2,1H3. The molecule has 0 bridgehead atoms. The number of nitriles is 1. The van der Waals surface area contributed by atoms with Gasteiger partial charge >= 0.3 is 0 Å². The molecule has 1 rings (SSSR count). The van der Waals surface area contributed by atoms with Crippen LogP contribution in [0.15, 0.2) is 18.6 Å². The first kappa shape index (κ1) is 9.62.